The number of amides is 2. The van der Waals surface area contributed by atoms with Crippen LogP contribution in [0.25, 0.3) is 0 Å². The van der Waals surface area contributed by atoms with Gasteiger partial charge in [0.15, 0.2) is 5.54 Å². The van der Waals surface area contributed by atoms with Gasteiger partial charge in [0.25, 0.3) is 10.1 Å². The second-order valence-electron chi connectivity index (χ2n) is 6.81. The fourth-order valence-electron chi connectivity index (χ4n) is 1.68. The molecule has 0 aliphatic heterocycles. The molecule has 0 spiro atoms. The second kappa shape index (κ2) is 9.72. The van der Waals surface area contributed by atoms with Crippen molar-refractivity contribution in [1.82, 2.24) is 10.6 Å². The minimum atomic E-state index is -3.98. The Kier molecular flexibility index (Phi) is 9.01. The van der Waals surface area contributed by atoms with Gasteiger partial charge in [-0.25, -0.2) is 9.59 Å². The molecule has 2 amide bonds. The minimum absolute atomic E-state index is 0.135. The average Bonchev–Trinajstić information content (AvgIpc) is 2.46. The maximum absolute atomic E-state index is 12.0. The van der Waals surface area contributed by atoms with Crippen molar-refractivity contribution in [3.05, 3.63) is 0 Å². The minimum Gasteiger partial charge on any atom is -0.467 e. The van der Waals surface area contributed by atoms with E-state index in [-0.39, 0.29) is 24.6 Å². The number of methoxy groups -OCH3 is 1. The second-order valence-corrected chi connectivity index (χ2v) is 8.57. The van der Waals surface area contributed by atoms with Crippen LogP contribution in [0.5, 0.6) is 0 Å². The van der Waals surface area contributed by atoms with E-state index in [1.165, 1.54) is 13.8 Å². The number of ether oxygens (including phenoxy) is 2. The van der Waals surface area contributed by atoms with Gasteiger partial charge in [-0.3, -0.25) is 8.98 Å². The highest BCUT2D eigenvalue weighted by Gasteiger charge is 2.39. The largest absolute Gasteiger partial charge is 0.467 e. The number of esters is 1. The lowest BCUT2D eigenvalue weighted by molar-refractivity contribution is -0.149. The van der Waals surface area contributed by atoms with Crippen molar-refractivity contribution < 1.29 is 36.5 Å². The van der Waals surface area contributed by atoms with Crippen LogP contribution in [0, 0.1) is 0 Å². The summed E-state index contributed by atoms with van der Waals surface area (Å²) >= 11 is 0. The molecule has 1 unspecified atom stereocenters. The Hall–Kier alpha value is -1.88. The Labute approximate surface area is 154 Å². The van der Waals surface area contributed by atoms with Crippen LogP contribution in [-0.2, 0) is 33.4 Å². The van der Waals surface area contributed by atoms with Gasteiger partial charge in [0.1, 0.15) is 12.2 Å². The topological polar surface area (TPSA) is 137 Å². The third-order valence-corrected chi connectivity index (χ3v) is 4.15. The molecule has 0 aliphatic carbocycles. The van der Waals surface area contributed by atoms with Gasteiger partial charge in [0, 0.05) is 13.5 Å². The Bertz CT molecular complexity index is 612. The number of carbonyl (C=O) groups is 3. The molecular formula is C15H28N2O8S. The molecule has 0 saturated carbocycles. The summed E-state index contributed by atoms with van der Waals surface area (Å²) in [5.74, 6) is -1.53. The molecule has 0 saturated heterocycles. The van der Waals surface area contributed by atoms with Gasteiger partial charge in [-0.1, -0.05) is 0 Å². The summed E-state index contributed by atoms with van der Waals surface area (Å²) in [4.78, 5) is 34.6. The van der Waals surface area contributed by atoms with Crippen LogP contribution >= 0.6 is 0 Å². The lowest BCUT2D eigenvalue weighted by atomic mass is 10.1. The third kappa shape index (κ3) is 10.2. The number of rotatable bonds is 9. The van der Waals surface area contributed by atoms with E-state index < -0.39 is 39.9 Å². The van der Waals surface area contributed by atoms with Crippen molar-refractivity contribution in [3.63, 3.8) is 0 Å². The van der Waals surface area contributed by atoms with Crippen molar-refractivity contribution in [1.29, 1.82) is 0 Å². The molecule has 0 aromatic carbocycles. The molecule has 0 aromatic rings. The average molecular weight is 396 g/mol. The van der Waals surface area contributed by atoms with Gasteiger partial charge in [0.2, 0.25) is 5.91 Å². The van der Waals surface area contributed by atoms with Crippen LogP contribution < -0.4 is 10.6 Å². The highest BCUT2D eigenvalue weighted by atomic mass is 32.2. The summed E-state index contributed by atoms with van der Waals surface area (Å²) in [5, 5.41) is 4.73. The molecule has 2 N–H and O–H groups in total. The van der Waals surface area contributed by atoms with E-state index >= 15 is 0 Å². The van der Waals surface area contributed by atoms with E-state index in [9.17, 15) is 22.8 Å². The van der Waals surface area contributed by atoms with Crippen LogP contribution in [0.15, 0.2) is 0 Å². The standard InChI is InChI=1S/C15H28N2O8S/c1-11(18)16-8-7-9-26(21,22)24-10-15(5,12(19)23-6)17-13(20)25-14(2,3)4/h7-10H2,1-6H3,(H,16,18)(H,17,20). The predicted molar refractivity (Wildman–Crippen MR) is 92.8 cm³/mol. The smallest absolute Gasteiger partial charge is 0.408 e. The summed E-state index contributed by atoms with van der Waals surface area (Å²) < 4.78 is 38.3. The van der Waals surface area contributed by atoms with Gasteiger partial charge in [-0.05, 0) is 34.1 Å². The fraction of sp³-hybridized carbons (Fsp3) is 0.800. The maximum atomic E-state index is 12.0. The number of hydrogen-bond donors (Lipinski definition) is 2. The van der Waals surface area contributed by atoms with Gasteiger partial charge < -0.3 is 20.1 Å². The zero-order valence-electron chi connectivity index (χ0n) is 16.0. The van der Waals surface area contributed by atoms with Crippen LogP contribution in [0.2, 0.25) is 0 Å². The lowest BCUT2D eigenvalue weighted by Gasteiger charge is -2.29. The molecule has 26 heavy (non-hydrogen) atoms. The molecule has 11 heteroatoms. The number of carbonyl (C=O) groups excluding carboxylic acids is 3. The SMILES string of the molecule is COC(=O)C(C)(COS(=O)(=O)CCCNC(C)=O)NC(=O)OC(C)(C)C. The van der Waals surface area contributed by atoms with E-state index in [1.54, 1.807) is 20.8 Å². The lowest BCUT2D eigenvalue weighted by Crippen LogP contribution is -2.57. The van der Waals surface area contributed by atoms with Crippen molar-refractivity contribution in [2.45, 2.75) is 52.2 Å². The molecule has 0 fully saturated rings. The molecular weight excluding hydrogens is 368 g/mol. The Morgan fingerprint density at radius 3 is 2.12 bits per heavy atom. The van der Waals surface area contributed by atoms with Gasteiger partial charge in [-0.15, -0.1) is 0 Å². The molecule has 0 rings (SSSR count). The Morgan fingerprint density at radius 1 is 1.08 bits per heavy atom. The molecule has 1 atom stereocenters. The van der Waals surface area contributed by atoms with E-state index in [1.807, 2.05) is 0 Å². The first-order valence-corrected chi connectivity index (χ1v) is 9.49. The van der Waals surface area contributed by atoms with Gasteiger partial charge >= 0.3 is 12.1 Å². The summed E-state index contributed by atoms with van der Waals surface area (Å²) in [6.45, 7) is 6.99. The van der Waals surface area contributed by atoms with Crippen molar-refractivity contribution in [2.75, 3.05) is 26.0 Å². The number of nitrogens with one attached hydrogen (secondary N) is 2. The first kappa shape index (κ1) is 24.1. The third-order valence-electron chi connectivity index (χ3n) is 2.88. The normalized spacial score (nSPS) is 14.1. The fourth-order valence-corrected chi connectivity index (χ4v) is 2.71. The number of hydrogen-bond acceptors (Lipinski definition) is 8. The van der Waals surface area contributed by atoms with Crippen LogP contribution in [0.1, 0.15) is 41.0 Å². The monoisotopic (exact) mass is 396 g/mol. The van der Waals surface area contributed by atoms with E-state index in [0.29, 0.717) is 0 Å². The first-order chi connectivity index (χ1) is 11.7. The summed E-state index contributed by atoms with van der Waals surface area (Å²) in [6, 6.07) is 0. The molecule has 0 bridgehead atoms. The maximum Gasteiger partial charge on any atom is 0.408 e. The van der Waals surface area contributed by atoms with E-state index in [2.05, 4.69) is 15.4 Å². The van der Waals surface area contributed by atoms with Crippen LogP contribution in [-0.4, -0.2) is 63.5 Å². The van der Waals surface area contributed by atoms with Crippen LogP contribution in [0.4, 0.5) is 4.79 Å². The van der Waals surface area contributed by atoms with Crippen molar-refractivity contribution in [3.8, 4) is 0 Å². The molecule has 0 aliphatic rings. The molecule has 152 valence electrons. The first-order valence-electron chi connectivity index (χ1n) is 7.92. The van der Waals surface area contributed by atoms with E-state index in [0.717, 1.165) is 7.11 Å². The summed E-state index contributed by atoms with van der Waals surface area (Å²) in [6.07, 6.45) is -0.784. The van der Waals surface area contributed by atoms with Gasteiger partial charge in [-0.2, -0.15) is 8.42 Å². The Balaban J connectivity index is 4.87. The number of alkyl carbamates (subject to hydrolysis) is 1. The van der Waals surface area contributed by atoms with Crippen LogP contribution in [0.3, 0.4) is 0 Å². The summed E-state index contributed by atoms with van der Waals surface area (Å²) in [7, 11) is -2.88. The highest BCUT2D eigenvalue weighted by molar-refractivity contribution is 7.86. The summed E-state index contributed by atoms with van der Waals surface area (Å²) in [5.41, 5.74) is -2.57. The van der Waals surface area contributed by atoms with E-state index in [4.69, 9.17) is 8.92 Å². The molecule has 0 aromatic heterocycles. The van der Waals surface area contributed by atoms with Gasteiger partial charge in [0.05, 0.1) is 12.9 Å². The molecule has 0 heterocycles. The zero-order valence-corrected chi connectivity index (χ0v) is 16.8. The van der Waals surface area contributed by atoms with Crippen molar-refractivity contribution in [2.24, 2.45) is 0 Å². The molecule has 0 radical (unpaired) electrons. The van der Waals surface area contributed by atoms with Crippen molar-refractivity contribution >= 4 is 28.1 Å². The molecule has 10 nitrogen and oxygen atoms in total. The zero-order chi connectivity index (χ0) is 20.6. The Morgan fingerprint density at radius 2 is 1.65 bits per heavy atom. The predicted octanol–water partition coefficient (Wildman–Crippen LogP) is 0.315. The quantitative estimate of drug-likeness (QED) is 0.323. The highest BCUT2D eigenvalue weighted by Crippen LogP contribution is 2.13.